The van der Waals surface area contributed by atoms with Gasteiger partial charge in [-0.05, 0) is 27.8 Å². The van der Waals surface area contributed by atoms with Gasteiger partial charge in [-0.2, -0.15) is 5.26 Å². The second-order valence-electron chi connectivity index (χ2n) is 5.66. The average molecular weight is 250 g/mol. The van der Waals surface area contributed by atoms with Crippen LogP contribution in [0.4, 0.5) is 0 Å². The molecule has 1 rings (SSSR count). The van der Waals surface area contributed by atoms with Crippen LogP contribution in [-0.4, -0.2) is 54.5 Å². The van der Waals surface area contributed by atoms with Crippen LogP contribution in [0.5, 0.6) is 0 Å². The van der Waals surface area contributed by atoms with Gasteiger partial charge >= 0.3 is 0 Å². The van der Waals surface area contributed by atoms with Crippen molar-refractivity contribution >= 4 is 5.91 Å². The number of rotatable bonds is 2. The van der Waals surface area contributed by atoms with E-state index >= 15 is 0 Å². The summed E-state index contributed by atoms with van der Waals surface area (Å²) in [6, 6.07) is 1.98. The molecule has 1 N–H and O–H groups in total. The predicted molar refractivity (Wildman–Crippen MR) is 70.7 cm³/mol. The van der Waals surface area contributed by atoms with Gasteiger partial charge in [-0.1, -0.05) is 0 Å². The Balaban J connectivity index is 2.66. The highest BCUT2D eigenvalue weighted by Crippen LogP contribution is 2.06. The third-order valence-corrected chi connectivity index (χ3v) is 2.79. The lowest BCUT2D eigenvalue weighted by Crippen LogP contribution is -2.47. The quantitative estimate of drug-likeness (QED) is 0.574. The molecule has 5 nitrogen and oxygen atoms in total. The van der Waals surface area contributed by atoms with Crippen molar-refractivity contribution in [3.8, 4) is 6.07 Å². The summed E-state index contributed by atoms with van der Waals surface area (Å²) in [5, 5.41) is 12.1. The number of piperazine rings is 1. The molecule has 0 spiro atoms. The first-order chi connectivity index (χ1) is 8.33. The minimum atomic E-state index is -0.178. The van der Waals surface area contributed by atoms with E-state index in [2.05, 4.69) is 10.2 Å². The van der Waals surface area contributed by atoms with Crippen LogP contribution in [-0.2, 0) is 4.79 Å². The number of hydrogen-bond acceptors (Lipinski definition) is 4. The Morgan fingerprint density at radius 2 is 1.83 bits per heavy atom. The van der Waals surface area contributed by atoms with Crippen LogP contribution in [0.15, 0.2) is 11.8 Å². The highest BCUT2D eigenvalue weighted by molar-refractivity contribution is 5.97. The second-order valence-corrected chi connectivity index (χ2v) is 5.66. The fourth-order valence-electron chi connectivity index (χ4n) is 1.61. The Bertz CT molecular complexity index is 367. The molecule has 18 heavy (non-hydrogen) atoms. The molecule has 1 aliphatic heterocycles. The number of carbonyl (C=O) groups is 1. The normalized spacial score (nSPS) is 18.4. The average Bonchev–Trinajstić information content (AvgIpc) is 2.29. The Labute approximate surface area is 109 Å². The smallest absolute Gasteiger partial charge is 0.266 e. The fraction of sp³-hybridized carbons (Fsp3) is 0.692. The molecule has 1 aliphatic rings. The molecule has 0 aromatic carbocycles. The minimum Gasteiger partial charge on any atom is -0.385 e. The van der Waals surface area contributed by atoms with Crippen LogP contribution in [0.1, 0.15) is 20.8 Å². The number of nitriles is 1. The van der Waals surface area contributed by atoms with Gasteiger partial charge in [-0.3, -0.25) is 4.79 Å². The SMILES string of the molecule is CN1CCN(C(=O)/C(C#N)=C\NC(C)(C)C)CC1. The largest absolute Gasteiger partial charge is 0.385 e. The van der Waals surface area contributed by atoms with Crippen molar-refractivity contribution in [1.82, 2.24) is 15.1 Å². The summed E-state index contributed by atoms with van der Waals surface area (Å²) in [6.45, 7) is 9.04. The van der Waals surface area contributed by atoms with Gasteiger partial charge in [0.1, 0.15) is 11.6 Å². The van der Waals surface area contributed by atoms with E-state index in [1.54, 1.807) is 4.90 Å². The fourth-order valence-corrected chi connectivity index (χ4v) is 1.61. The maximum atomic E-state index is 12.1. The van der Waals surface area contributed by atoms with Crippen LogP contribution in [0.3, 0.4) is 0 Å². The van der Waals surface area contributed by atoms with Crippen molar-refractivity contribution in [3.63, 3.8) is 0 Å². The van der Waals surface area contributed by atoms with Gasteiger partial charge in [-0.25, -0.2) is 0 Å². The number of carbonyl (C=O) groups excluding carboxylic acids is 1. The maximum Gasteiger partial charge on any atom is 0.266 e. The summed E-state index contributed by atoms with van der Waals surface area (Å²) in [5.41, 5.74) is 0.0271. The summed E-state index contributed by atoms with van der Waals surface area (Å²) >= 11 is 0. The summed E-state index contributed by atoms with van der Waals surface area (Å²) < 4.78 is 0. The molecule has 100 valence electrons. The first-order valence-corrected chi connectivity index (χ1v) is 6.19. The van der Waals surface area contributed by atoms with Crippen molar-refractivity contribution in [1.29, 1.82) is 5.26 Å². The monoisotopic (exact) mass is 250 g/mol. The number of hydrogen-bond donors (Lipinski definition) is 1. The molecule has 0 aliphatic carbocycles. The van der Waals surface area contributed by atoms with Crippen molar-refractivity contribution in [2.45, 2.75) is 26.3 Å². The van der Waals surface area contributed by atoms with E-state index in [9.17, 15) is 4.79 Å². The van der Waals surface area contributed by atoms with Gasteiger partial charge in [0, 0.05) is 37.9 Å². The van der Waals surface area contributed by atoms with E-state index in [4.69, 9.17) is 5.26 Å². The third-order valence-electron chi connectivity index (χ3n) is 2.79. The summed E-state index contributed by atoms with van der Waals surface area (Å²) in [5.74, 6) is -0.178. The predicted octanol–water partition coefficient (Wildman–Crippen LogP) is 0.556. The molecule has 0 atom stereocenters. The lowest BCUT2D eigenvalue weighted by atomic mass is 10.1. The number of nitrogens with one attached hydrogen (secondary N) is 1. The van der Waals surface area contributed by atoms with Crippen molar-refractivity contribution < 1.29 is 4.79 Å². The summed E-state index contributed by atoms with van der Waals surface area (Å²) in [4.78, 5) is 16.0. The highest BCUT2D eigenvalue weighted by atomic mass is 16.2. The molecule has 5 heteroatoms. The standard InChI is InChI=1S/C13H22N4O/c1-13(2,3)15-10-11(9-14)12(18)17-7-5-16(4)6-8-17/h10,15H,5-8H2,1-4H3/b11-10-. The molecule has 1 heterocycles. The molecule has 0 aromatic heterocycles. The zero-order valence-corrected chi connectivity index (χ0v) is 11.7. The Morgan fingerprint density at radius 3 is 2.28 bits per heavy atom. The lowest BCUT2D eigenvalue weighted by Gasteiger charge is -2.32. The van der Waals surface area contributed by atoms with Gasteiger partial charge in [0.05, 0.1) is 0 Å². The van der Waals surface area contributed by atoms with Crippen LogP contribution in [0.25, 0.3) is 0 Å². The van der Waals surface area contributed by atoms with E-state index < -0.39 is 0 Å². The molecule has 0 radical (unpaired) electrons. The van der Waals surface area contributed by atoms with E-state index in [0.29, 0.717) is 13.1 Å². The maximum absolute atomic E-state index is 12.1. The molecule has 1 saturated heterocycles. The van der Waals surface area contributed by atoms with E-state index in [1.165, 1.54) is 6.20 Å². The molecular weight excluding hydrogens is 228 g/mol. The van der Waals surface area contributed by atoms with Crippen molar-refractivity contribution in [2.75, 3.05) is 33.2 Å². The third kappa shape index (κ3) is 4.38. The summed E-state index contributed by atoms with van der Waals surface area (Å²) in [7, 11) is 2.03. The van der Waals surface area contributed by atoms with Gasteiger partial charge < -0.3 is 15.1 Å². The zero-order chi connectivity index (χ0) is 13.8. The second kappa shape index (κ2) is 5.87. The van der Waals surface area contributed by atoms with Gasteiger partial charge in [0.15, 0.2) is 0 Å². The van der Waals surface area contributed by atoms with Crippen molar-refractivity contribution in [2.24, 2.45) is 0 Å². The number of nitrogens with zero attached hydrogens (tertiary/aromatic N) is 3. The van der Waals surface area contributed by atoms with Gasteiger partial charge in [0.2, 0.25) is 0 Å². The van der Waals surface area contributed by atoms with Crippen LogP contribution < -0.4 is 5.32 Å². The van der Waals surface area contributed by atoms with E-state index in [1.807, 2.05) is 33.9 Å². The molecule has 0 unspecified atom stereocenters. The molecule has 0 saturated carbocycles. The molecule has 1 amide bonds. The molecule has 1 fully saturated rings. The highest BCUT2D eigenvalue weighted by Gasteiger charge is 2.22. The van der Waals surface area contributed by atoms with Crippen LogP contribution >= 0.6 is 0 Å². The Hall–Kier alpha value is -1.54. The van der Waals surface area contributed by atoms with Gasteiger partial charge in [0.25, 0.3) is 5.91 Å². The molecule has 0 aromatic rings. The Morgan fingerprint density at radius 1 is 1.28 bits per heavy atom. The first kappa shape index (κ1) is 14.5. The zero-order valence-electron chi connectivity index (χ0n) is 11.7. The molecular formula is C13H22N4O. The first-order valence-electron chi connectivity index (χ1n) is 6.19. The number of likely N-dealkylation sites (N-methyl/N-ethyl adjacent to an activating group) is 1. The van der Waals surface area contributed by atoms with Crippen molar-refractivity contribution in [3.05, 3.63) is 11.8 Å². The van der Waals surface area contributed by atoms with Crippen LogP contribution in [0, 0.1) is 11.3 Å². The van der Waals surface area contributed by atoms with Gasteiger partial charge in [-0.15, -0.1) is 0 Å². The van der Waals surface area contributed by atoms with E-state index in [-0.39, 0.29) is 17.0 Å². The number of amides is 1. The molecule has 0 bridgehead atoms. The lowest BCUT2D eigenvalue weighted by molar-refractivity contribution is -0.128. The Kier molecular flexibility index (Phi) is 4.74. The topological polar surface area (TPSA) is 59.4 Å². The van der Waals surface area contributed by atoms with Crippen LogP contribution in [0.2, 0.25) is 0 Å². The minimum absolute atomic E-state index is 0.148. The summed E-state index contributed by atoms with van der Waals surface area (Å²) in [6.07, 6.45) is 1.53. The van der Waals surface area contributed by atoms with E-state index in [0.717, 1.165) is 13.1 Å².